The van der Waals surface area contributed by atoms with Crippen molar-refractivity contribution in [3.63, 3.8) is 0 Å². The van der Waals surface area contributed by atoms with Gasteiger partial charge in [-0.3, -0.25) is 14.8 Å². The molecule has 7 heteroatoms. The van der Waals surface area contributed by atoms with Gasteiger partial charge in [0.1, 0.15) is 5.52 Å². The van der Waals surface area contributed by atoms with Crippen LogP contribution in [0.1, 0.15) is 15.9 Å². The average molecular weight is 356 g/mol. The number of para-hydroxylation sites is 1. The summed E-state index contributed by atoms with van der Waals surface area (Å²) in [5.41, 5.74) is 2.71. The van der Waals surface area contributed by atoms with E-state index in [1.165, 1.54) is 12.4 Å². The fraction of sp³-hybridized carbons (Fsp3) is 0.111. The molecule has 2 aromatic carbocycles. The quantitative estimate of drug-likeness (QED) is 0.725. The van der Waals surface area contributed by atoms with Crippen molar-refractivity contribution in [1.82, 2.24) is 9.97 Å². The molecule has 0 atom stereocenters. The fourth-order valence-corrected chi connectivity index (χ4v) is 2.41. The lowest BCUT2D eigenvalue weighted by Crippen LogP contribution is -2.21. The number of ether oxygens (including phenoxy) is 1. The number of carbonyl (C=O) groups excluding carboxylic acids is 2. The Hall–Kier alpha value is -2.99. The largest absolute Gasteiger partial charge is 0.452 e. The normalized spacial score (nSPS) is 10.5. The number of nitrogens with zero attached hydrogens (tertiary/aromatic N) is 2. The molecule has 0 saturated carbocycles. The molecule has 0 fully saturated rings. The van der Waals surface area contributed by atoms with Crippen LogP contribution in [-0.2, 0) is 9.53 Å². The van der Waals surface area contributed by atoms with Gasteiger partial charge in [0.05, 0.1) is 11.1 Å². The summed E-state index contributed by atoms with van der Waals surface area (Å²) in [6.45, 7) is 1.45. The van der Waals surface area contributed by atoms with Gasteiger partial charge >= 0.3 is 5.97 Å². The van der Waals surface area contributed by atoms with E-state index in [0.29, 0.717) is 21.7 Å². The van der Waals surface area contributed by atoms with E-state index in [2.05, 4.69) is 15.3 Å². The van der Waals surface area contributed by atoms with Gasteiger partial charge in [0.25, 0.3) is 5.91 Å². The fourth-order valence-electron chi connectivity index (χ4n) is 2.23. The van der Waals surface area contributed by atoms with Crippen LogP contribution in [-0.4, -0.2) is 28.5 Å². The average Bonchev–Trinajstić information content (AvgIpc) is 2.62. The number of hydrogen-bond acceptors (Lipinski definition) is 5. The molecule has 0 bridgehead atoms. The number of nitrogens with one attached hydrogen (secondary N) is 1. The van der Waals surface area contributed by atoms with E-state index < -0.39 is 18.5 Å². The molecule has 0 aliphatic heterocycles. The van der Waals surface area contributed by atoms with Crippen molar-refractivity contribution in [3.05, 3.63) is 64.9 Å². The zero-order chi connectivity index (χ0) is 17.8. The second kappa shape index (κ2) is 7.27. The number of halogens is 1. The number of anilines is 1. The van der Waals surface area contributed by atoms with Gasteiger partial charge in [-0.15, -0.1) is 0 Å². The first-order valence-electron chi connectivity index (χ1n) is 7.47. The zero-order valence-corrected chi connectivity index (χ0v) is 14.1. The summed E-state index contributed by atoms with van der Waals surface area (Å²) in [5.74, 6) is -1.09. The highest BCUT2D eigenvalue weighted by Gasteiger charge is 2.14. The van der Waals surface area contributed by atoms with Gasteiger partial charge < -0.3 is 10.1 Å². The summed E-state index contributed by atoms with van der Waals surface area (Å²) in [7, 11) is 0. The van der Waals surface area contributed by atoms with E-state index in [0.717, 1.165) is 5.56 Å². The molecule has 0 spiro atoms. The molecule has 25 heavy (non-hydrogen) atoms. The topological polar surface area (TPSA) is 81.2 Å². The van der Waals surface area contributed by atoms with Crippen LogP contribution in [0, 0.1) is 6.92 Å². The molecule has 1 amide bonds. The lowest BCUT2D eigenvalue weighted by atomic mass is 10.2. The summed E-state index contributed by atoms with van der Waals surface area (Å²) in [6.07, 6.45) is 3.03. The molecule has 0 unspecified atom stereocenters. The van der Waals surface area contributed by atoms with Crippen LogP contribution in [0.15, 0.2) is 48.8 Å². The highest BCUT2D eigenvalue weighted by atomic mass is 35.5. The molecule has 1 heterocycles. The van der Waals surface area contributed by atoms with Crippen LogP contribution < -0.4 is 5.32 Å². The van der Waals surface area contributed by atoms with E-state index in [1.807, 2.05) is 6.92 Å². The SMILES string of the molecule is Cc1ccc(NC(=O)COC(=O)c2cccc3nccnc23)cc1Cl. The molecular weight excluding hydrogens is 342 g/mol. The number of benzene rings is 2. The third-order valence-electron chi connectivity index (χ3n) is 3.51. The lowest BCUT2D eigenvalue weighted by Gasteiger charge is -2.08. The number of aromatic nitrogens is 2. The maximum absolute atomic E-state index is 12.2. The lowest BCUT2D eigenvalue weighted by molar-refractivity contribution is -0.119. The third kappa shape index (κ3) is 3.92. The Labute approximate surface area is 148 Å². The Morgan fingerprint density at radius 1 is 1.16 bits per heavy atom. The van der Waals surface area contributed by atoms with E-state index in [9.17, 15) is 9.59 Å². The van der Waals surface area contributed by atoms with E-state index in [-0.39, 0.29) is 5.56 Å². The maximum atomic E-state index is 12.2. The van der Waals surface area contributed by atoms with Gasteiger partial charge in [0.15, 0.2) is 6.61 Å². The minimum Gasteiger partial charge on any atom is -0.452 e. The molecule has 0 radical (unpaired) electrons. The van der Waals surface area contributed by atoms with Gasteiger partial charge in [-0.05, 0) is 36.8 Å². The van der Waals surface area contributed by atoms with Crippen LogP contribution in [0.4, 0.5) is 5.69 Å². The predicted molar refractivity (Wildman–Crippen MR) is 94.6 cm³/mol. The van der Waals surface area contributed by atoms with Crippen LogP contribution in [0.2, 0.25) is 5.02 Å². The number of carbonyl (C=O) groups is 2. The first-order chi connectivity index (χ1) is 12.0. The van der Waals surface area contributed by atoms with Crippen LogP contribution >= 0.6 is 11.6 Å². The maximum Gasteiger partial charge on any atom is 0.340 e. The van der Waals surface area contributed by atoms with Gasteiger partial charge in [-0.25, -0.2) is 4.79 Å². The minimum absolute atomic E-state index is 0.261. The zero-order valence-electron chi connectivity index (χ0n) is 13.3. The number of amides is 1. The number of aryl methyl sites for hydroxylation is 1. The van der Waals surface area contributed by atoms with Crippen molar-refractivity contribution in [1.29, 1.82) is 0 Å². The van der Waals surface area contributed by atoms with E-state index in [1.54, 1.807) is 36.4 Å². The Morgan fingerprint density at radius 3 is 2.76 bits per heavy atom. The van der Waals surface area contributed by atoms with Gasteiger partial charge in [-0.1, -0.05) is 23.7 Å². The predicted octanol–water partition coefficient (Wildman–Crippen LogP) is 3.39. The number of hydrogen-bond donors (Lipinski definition) is 1. The Morgan fingerprint density at radius 2 is 1.96 bits per heavy atom. The highest BCUT2D eigenvalue weighted by Crippen LogP contribution is 2.20. The molecule has 3 rings (SSSR count). The van der Waals surface area contributed by atoms with Crippen molar-refractivity contribution >= 4 is 40.2 Å². The van der Waals surface area contributed by atoms with Gasteiger partial charge in [0.2, 0.25) is 0 Å². The van der Waals surface area contributed by atoms with Crippen molar-refractivity contribution in [2.45, 2.75) is 6.92 Å². The summed E-state index contributed by atoms with van der Waals surface area (Å²) in [6, 6.07) is 10.2. The highest BCUT2D eigenvalue weighted by molar-refractivity contribution is 6.31. The Kier molecular flexibility index (Phi) is 4.90. The number of rotatable bonds is 4. The minimum atomic E-state index is -0.636. The molecule has 1 aromatic heterocycles. The Balaban J connectivity index is 1.65. The van der Waals surface area contributed by atoms with E-state index in [4.69, 9.17) is 16.3 Å². The summed E-state index contributed by atoms with van der Waals surface area (Å²) >= 11 is 6.01. The smallest absolute Gasteiger partial charge is 0.340 e. The van der Waals surface area contributed by atoms with Gasteiger partial charge in [-0.2, -0.15) is 0 Å². The van der Waals surface area contributed by atoms with Crippen molar-refractivity contribution < 1.29 is 14.3 Å². The molecule has 6 nitrogen and oxygen atoms in total. The second-order valence-electron chi connectivity index (χ2n) is 5.32. The molecule has 126 valence electrons. The monoisotopic (exact) mass is 355 g/mol. The molecule has 0 saturated heterocycles. The van der Waals surface area contributed by atoms with Crippen molar-refractivity contribution in [3.8, 4) is 0 Å². The Bertz CT molecular complexity index is 954. The third-order valence-corrected chi connectivity index (χ3v) is 3.92. The van der Waals surface area contributed by atoms with Crippen LogP contribution in [0.3, 0.4) is 0 Å². The summed E-state index contributed by atoms with van der Waals surface area (Å²) in [4.78, 5) is 32.4. The number of fused-ring (bicyclic) bond motifs is 1. The van der Waals surface area contributed by atoms with Crippen molar-refractivity contribution in [2.24, 2.45) is 0 Å². The van der Waals surface area contributed by atoms with Gasteiger partial charge in [0, 0.05) is 23.1 Å². The first kappa shape index (κ1) is 16.9. The first-order valence-corrected chi connectivity index (χ1v) is 7.85. The number of esters is 1. The van der Waals surface area contributed by atoms with E-state index >= 15 is 0 Å². The molecule has 1 N–H and O–H groups in total. The molecule has 3 aromatic rings. The van der Waals surface area contributed by atoms with Crippen LogP contribution in [0.25, 0.3) is 11.0 Å². The molecular formula is C18H14ClN3O3. The molecule has 0 aliphatic carbocycles. The van der Waals surface area contributed by atoms with Crippen molar-refractivity contribution in [2.75, 3.05) is 11.9 Å². The summed E-state index contributed by atoms with van der Waals surface area (Å²) < 4.78 is 5.07. The second-order valence-corrected chi connectivity index (χ2v) is 5.73. The standard InChI is InChI=1S/C18H14ClN3O3/c1-11-5-6-12(9-14(11)19)22-16(23)10-25-18(24)13-3-2-4-15-17(13)21-8-7-20-15/h2-9H,10H2,1H3,(H,22,23). The van der Waals surface area contributed by atoms with Crippen LogP contribution in [0.5, 0.6) is 0 Å². The molecule has 0 aliphatic rings. The summed E-state index contributed by atoms with van der Waals surface area (Å²) in [5, 5.41) is 3.17.